The highest BCUT2D eigenvalue weighted by atomic mass is 35.5. The Bertz CT molecular complexity index is 1650. The number of sulfonamides is 1. The van der Waals surface area contributed by atoms with Crippen LogP contribution >= 0.6 is 11.6 Å². The van der Waals surface area contributed by atoms with E-state index in [9.17, 15) is 13.2 Å². The smallest absolute Gasteiger partial charge is 0.247 e. The lowest BCUT2D eigenvalue weighted by atomic mass is 10.1. The van der Waals surface area contributed by atoms with E-state index in [-0.39, 0.29) is 22.7 Å². The first kappa shape index (κ1) is 30.4. The highest BCUT2D eigenvalue weighted by Gasteiger charge is 2.29. The minimum absolute atomic E-state index is 0.206. The van der Waals surface area contributed by atoms with E-state index in [0.29, 0.717) is 41.5 Å². The van der Waals surface area contributed by atoms with Gasteiger partial charge in [-0.15, -0.1) is 0 Å². The molecule has 12 nitrogen and oxygen atoms in total. The van der Waals surface area contributed by atoms with Crippen LogP contribution in [0, 0.1) is 0 Å². The van der Waals surface area contributed by atoms with Gasteiger partial charge in [-0.2, -0.15) is 4.98 Å². The van der Waals surface area contributed by atoms with Crippen LogP contribution in [0.25, 0.3) is 0 Å². The molecule has 2 aromatic carbocycles. The van der Waals surface area contributed by atoms with Crippen LogP contribution in [0.5, 0.6) is 5.75 Å². The lowest BCUT2D eigenvalue weighted by molar-refractivity contribution is -0.111. The number of nitrogens with one attached hydrogen (secondary N) is 3. The Hall–Kier alpha value is -4.07. The molecule has 2 aliphatic heterocycles. The molecule has 43 heavy (non-hydrogen) atoms. The fourth-order valence-corrected chi connectivity index (χ4v) is 6.18. The predicted octanol–water partition coefficient (Wildman–Crippen LogP) is 4.21. The van der Waals surface area contributed by atoms with Gasteiger partial charge in [0.2, 0.25) is 21.9 Å². The topological polar surface area (TPSA) is 132 Å². The first-order chi connectivity index (χ1) is 20.6. The molecule has 3 N–H and O–H groups in total. The summed E-state index contributed by atoms with van der Waals surface area (Å²) >= 11 is 6.47. The molecule has 0 aliphatic carbocycles. The molecular weight excluding hydrogens is 592 g/mol. The van der Waals surface area contributed by atoms with Crippen molar-refractivity contribution in [1.82, 2.24) is 14.9 Å². The van der Waals surface area contributed by atoms with Crippen molar-refractivity contribution in [2.24, 2.45) is 0 Å². The van der Waals surface area contributed by atoms with Crippen molar-refractivity contribution in [1.29, 1.82) is 0 Å². The number of ether oxygens (including phenoxy) is 1. The van der Waals surface area contributed by atoms with Gasteiger partial charge in [0.1, 0.15) is 10.8 Å². The number of likely N-dealkylation sites (tertiary alicyclic amines) is 1. The number of hydrogen-bond donors (Lipinski definition) is 3. The minimum Gasteiger partial charge on any atom is -0.494 e. The van der Waals surface area contributed by atoms with Gasteiger partial charge in [0, 0.05) is 32.7 Å². The third-order valence-electron chi connectivity index (χ3n) is 7.47. The summed E-state index contributed by atoms with van der Waals surface area (Å²) < 4.78 is 32.0. The molecule has 1 aromatic heterocycles. The van der Waals surface area contributed by atoms with E-state index in [1.54, 1.807) is 19.2 Å². The number of halogens is 1. The summed E-state index contributed by atoms with van der Waals surface area (Å²) in [5.41, 5.74) is 3.90. The van der Waals surface area contributed by atoms with E-state index in [1.165, 1.54) is 29.3 Å². The van der Waals surface area contributed by atoms with Crippen molar-refractivity contribution in [3.63, 3.8) is 0 Å². The van der Waals surface area contributed by atoms with Crippen molar-refractivity contribution in [2.75, 3.05) is 78.3 Å². The molecule has 0 saturated carbocycles. The average Bonchev–Trinajstić information content (AvgIpc) is 3.40. The Morgan fingerprint density at radius 3 is 2.65 bits per heavy atom. The number of amides is 1. The number of rotatable bonds is 12. The summed E-state index contributed by atoms with van der Waals surface area (Å²) in [7, 11) is 0.0609. The van der Waals surface area contributed by atoms with Gasteiger partial charge in [-0.3, -0.25) is 9.10 Å². The molecule has 0 atom stereocenters. The Morgan fingerprint density at radius 1 is 1.19 bits per heavy atom. The molecule has 0 radical (unpaired) electrons. The summed E-state index contributed by atoms with van der Waals surface area (Å²) in [6, 6.07) is 9.14. The van der Waals surface area contributed by atoms with Crippen LogP contribution in [0.1, 0.15) is 12.0 Å². The number of methoxy groups -OCH3 is 1. The number of carbonyl (C=O) groups excluding carboxylic acids is 1. The van der Waals surface area contributed by atoms with Gasteiger partial charge in [-0.25, -0.2) is 13.4 Å². The number of aromatic nitrogens is 2. The van der Waals surface area contributed by atoms with E-state index in [0.717, 1.165) is 37.4 Å². The first-order valence-corrected chi connectivity index (χ1v) is 16.0. The summed E-state index contributed by atoms with van der Waals surface area (Å²) in [5.74, 6) is 0.661. The van der Waals surface area contributed by atoms with E-state index in [4.69, 9.17) is 16.3 Å². The lowest BCUT2D eigenvalue weighted by Crippen LogP contribution is -2.42. The highest BCUT2D eigenvalue weighted by Crippen LogP contribution is 2.40. The van der Waals surface area contributed by atoms with Gasteiger partial charge in [0.15, 0.2) is 5.82 Å². The van der Waals surface area contributed by atoms with E-state index in [2.05, 4.69) is 42.3 Å². The number of para-hydroxylation sites is 1. The van der Waals surface area contributed by atoms with Gasteiger partial charge in [0.25, 0.3) is 0 Å². The normalized spacial score (nSPS) is 14.5. The van der Waals surface area contributed by atoms with Crippen LogP contribution in [-0.4, -0.2) is 82.3 Å². The molecule has 0 spiro atoms. The molecule has 0 unspecified atom stereocenters. The molecule has 1 fully saturated rings. The van der Waals surface area contributed by atoms with Crippen LogP contribution < -0.4 is 29.9 Å². The third kappa shape index (κ3) is 6.79. The van der Waals surface area contributed by atoms with E-state index in [1.807, 2.05) is 25.2 Å². The van der Waals surface area contributed by atoms with Crippen LogP contribution in [0.3, 0.4) is 0 Å². The van der Waals surface area contributed by atoms with Crippen LogP contribution in [0.15, 0.2) is 49.2 Å². The van der Waals surface area contributed by atoms with Crippen molar-refractivity contribution in [3.8, 4) is 5.75 Å². The highest BCUT2D eigenvalue weighted by molar-refractivity contribution is 7.92. The number of carbonyl (C=O) groups is 1. The summed E-state index contributed by atoms with van der Waals surface area (Å²) in [5, 5.41) is 9.50. The summed E-state index contributed by atoms with van der Waals surface area (Å²) in [6.45, 7) is 7.82. The number of anilines is 7. The van der Waals surface area contributed by atoms with Crippen molar-refractivity contribution < 1.29 is 17.9 Å². The zero-order valence-electron chi connectivity index (χ0n) is 24.4. The molecule has 3 aromatic rings. The van der Waals surface area contributed by atoms with Crippen molar-refractivity contribution >= 4 is 67.7 Å². The van der Waals surface area contributed by atoms with Gasteiger partial charge < -0.3 is 30.5 Å². The molecule has 1 saturated heterocycles. The number of fused-ring (bicyclic) bond motifs is 1. The molecule has 2 aliphatic rings. The molecule has 0 bridgehead atoms. The average molecular weight is 627 g/mol. The maximum atomic E-state index is 12.4. The Morgan fingerprint density at radius 2 is 1.98 bits per heavy atom. The van der Waals surface area contributed by atoms with Gasteiger partial charge in [-0.1, -0.05) is 30.3 Å². The maximum absolute atomic E-state index is 12.4. The van der Waals surface area contributed by atoms with Crippen molar-refractivity contribution in [2.45, 2.75) is 12.8 Å². The number of benzene rings is 2. The summed E-state index contributed by atoms with van der Waals surface area (Å²) in [4.78, 5) is 25.7. The van der Waals surface area contributed by atoms with Crippen LogP contribution in [0.4, 0.5) is 40.2 Å². The molecule has 228 valence electrons. The minimum atomic E-state index is -3.47. The second kappa shape index (κ2) is 12.7. The largest absolute Gasteiger partial charge is 0.494 e. The number of nitrogens with zero attached hydrogens (tertiary/aromatic N) is 5. The molecule has 14 heteroatoms. The fraction of sp³-hybridized carbons (Fsp3) is 0.345. The Balaban J connectivity index is 1.44. The zero-order valence-corrected chi connectivity index (χ0v) is 25.9. The standard InChI is InChI=1S/C29H35ClN8O4S/c1-5-26(39)32-22-16-23(25(42-3)17-24(22)36(2)14-15-37-11-7-12-37)34-29-31-18-20(30)28(35-29)33-21-9-6-8-19-10-13-38(27(19)21)43(4,40)41/h5-6,8-9,16-18H,1,7,10-15H2,2-4H3,(H,32,39)(H2,31,33,34,35). The maximum Gasteiger partial charge on any atom is 0.247 e. The second-order valence-corrected chi connectivity index (χ2v) is 12.7. The predicted molar refractivity (Wildman–Crippen MR) is 172 cm³/mol. The van der Waals surface area contributed by atoms with Crippen molar-refractivity contribution in [3.05, 3.63) is 59.8 Å². The third-order valence-corrected chi connectivity index (χ3v) is 8.91. The van der Waals surface area contributed by atoms with E-state index >= 15 is 0 Å². The molecular formula is C29H35ClN8O4S. The van der Waals surface area contributed by atoms with Crippen LogP contribution in [0.2, 0.25) is 5.02 Å². The summed E-state index contributed by atoms with van der Waals surface area (Å²) in [6.07, 6.45) is 5.67. The fourth-order valence-electron chi connectivity index (χ4n) is 5.07. The first-order valence-electron chi connectivity index (χ1n) is 13.8. The van der Waals surface area contributed by atoms with Gasteiger partial charge in [-0.05, 0) is 49.7 Å². The Labute approximate surface area is 256 Å². The quantitative estimate of drug-likeness (QED) is 0.251. The molecule has 5 rings (SSSR count). The Kier molecular flexibility index (Phi) is 8.95. The number of hydrogen-bond acceptors (Lipinski definition) is 10. The van der Waals surface area contributed by atoms with E-state index < -0.39 is 10.0 Å². The zero-order chi connectivity index (χ0) is 30.7. The molecule has 1 amide bonds. The SMILES string of the molecule is C=CC(=O)Nc1cc(Nc2ncc(Cl)c(Nc3cccc4c3N(S(C)(=O)=O)CC4)n2)c(OC)cc1N(C)CCN1CCC1. The lowest BCUT2D eigenvalue weighted by Gasteiger charge is -2.33. The molecule has 3 heterocycles. The van der Waals surface area contributed by atoms with Crippen LogP contribution in [-0.2, 0) is 21.2 Å². The van der Waals surface area contributed by atoms with Gasteiger partial charge in [0.05, 0.1) is 48.0 Å². The number of likely N-dealkylation sites (N-methyl/N-ethyl adjacent to an activating group) is 1. The second-order valence-electron chi connectivity index (χ2n) is 10.4. The monoisotopic (exact) mass is 626 g/mol. The van der Waals surface area contributed by atoms with Gasteiger partial charge >= 0.3 is 0 Å².